The fourth-order valence-electron chi connectivity index (χ4n) is 1.68. The summed E-state index contributed by atoms with van der Waals surface area (Å²) in [5, 5.41) is 13.7. The lowest BCUT2D eigenvalue weighted by atomic mass is 10.1. The number of aromatic nitrogens is 1. The Hall–Kier alpha value is -1.92. The standard InChI is InChI=1S/C13H11ClN2O3S/c14-9-7-15-4-3-8(9)13(19)16-10(6-12(17)18)11-2-1-5-20-11/h1-5,7,10H,6H2,(H,16,19)(H,17,18). The summed E-state index contributed by atoms with van der Waals surface area (Å²) in [7, 11) is 0. The molecule has 2 heterocycles. The largest absolute Gasteiger partial charge is 0.481 e. The summed E-state index contributed by atoms with van der Waals surface area (Å²) in [5.41, 5.74) is 0.272. The highest BCUT2D eigenvalue weighted by molar-refractivity contribution is 7.10. The number of carbonyl (C=O) groups is 2. The summed E-state index contributed by atoms with van der Waals surface area (Å²) in [6.45, 7) is 0. The van der Waals surface area contributed by atoms with Crippen LogP contribution in [0.15, 0.2) is 36.0 Å². The fourth-order valence-corrected chi connectivity index (χ4v) is 2.67. The SMILES string of the molecule is O=C(O)CC(NC(=O)c1ccncc1Cl)c1cccs1. The summed E-state index contributed by atoms with van der Waals surface area (Å²) in [6.07, 6.45) is 2.64. The smallest absolute Gasteiger partial charge is 0.305 e. The van der Waals surface area contributed by atoms with E-state index < -0.39 is 17.9 Å². The third kappa shape index (κ3) is 3.55. The van der Waals surface area contributed by atoms with Crippen LogP contribution >= 0.6 is 22.9 Å². The van der Waals surface area contributed by atoms with Crippen molar-refractivity contribution in [1.29, 1.82) is 0 Å². The number of hydrogen-bond acceptors (Lipinski definition) is 4. The van der Waals surface area contributed by atoms with Crippen molar-refractivity contribution in [3.8, 4) is 0 Å². The highest BCUT2D eigenvalue weighted by atomic mass is 35.5. The van der Waals surface area contributed by atoms with Gasteiger partial charge in [-0.05, 0) is 17.5 Å². The van der Waals surface area contributed by atoms with Crippen LogP contribution in [0, 0.1) is 0 Å². The zero-order chi connectivity index (χ0) is 14.5. The highest BCUT2D eigenvalue weighted by Crippen LogP contribution is 2.23. The average molecular weight is 311 g/mol. The van der Waals surface area contributed by atoms with Crippen molar-refractivity contribution in [2.24, 2.45) is 0 Å². The number of halogens is 1. The summed E-state index contributed by atoms with van der Waals surface area (Å²) >= 11 is 7.29. The number of aliphatic carboxylic acids is 1. The monoisotopic (exact) mass is 310 g/mol. The van der Waals surface area contributed by atoms with E-state index in [1.807, 2.05) is 5.38 Å². The lowest BCUT2D eigenvalue weighted by Crippen LogP contribution is -2.29. The number of nitrogens with zero attached hydrogens (tertiary/aromatic N) is 1. The Kier molecular flexibility index (Phi) is 4.70. The molecule has 0 fully saturated rings. The first-order chi connectivity index (χ1) is 9.58. The molecule has 7 heteroatoms. The normalized spacial score (nSPS) is 11.8. The molecule has 0 aliphatic rings. The molecule has 2 aromatic heterocycles. The van der Waals surface area contributed by atoms with E-state index in [-0.39, 0.29) is 17.0 Å². The van der Waals surface area contributed by atoms with Crippen molar-refractivity contribution in [3.05, 3.63) is 51.4 Å². The molecule has 2 aromatic rings. The minimum Gasteiger partial charge on any atom is -0.481 e. The zero-order valence-electron chi connectivity index (χ0n) is 10.2. The van der Waals surface area contributed by atoms with E-state index in [0.29, 0.717) is 0 Å². The molecule has 1 amide bonds. The van der Waals surface area contributed by atoms with Crippen molar-refractivity contribution < 1.29 is 14.7 Å². The second-order valence-electron chi connectivity index (χ2n) is 3.99. The van der Waals surface area contributed by atoms with Gasteiger partial charge in [-0.2, -0.15) is 0 Å². The van der Waals surface area contributed by atoms with Crippen LogP contribution in [0.4, 0.5) is 0 Å². The van der Waals surface area contributed by atoms with Crippen LogP contribution in [0.25, 0.3) is 0 Å². The minimum atomic E-state index is -0.982. The number of hydrogen-bond donors (Lipinski definition) is 2. The lowest BCUT2D eigenvalue weighted by Gasteiger charge is -2.15. The summed E-state index contributed by atoms with van der Waals surface area (Å²) in [4.78, 5) is 27.6. The van der Waals surface area contributed by atoms with Gasteiger partial charge in [-0.1, -0.05) is 17.7 Å². The minimum absolute atomic E-state index is 0.186. The maximum atomic E-state index is 12.1. The van der Waals surface area contributed by atoms with E-state index in [9.17, 15) is 9.59 Å². The Morgan fingerprint density at radius 2 is 2.25 bits per heavy atom. The van der Waals surface area contributed by atoms with Gasteiger partial charge in [0.2, 0.25) is 0 Å². The van der Waals surface area contributed by atoms with Crippen LogP contribution in [-0.4, -0.2) is 22.0 Å². The van der Waals surface area contributed by atoms with Crippen LogP contribution in [-0.2, 0) is 4.79 Å². The molecular weight excluding hydrogens is 300 g/mol. The molecule has 20 heavy (non-hydrogen) atoms. The molecule has 104 valence electrons. The molecule has 0 aliphatic heterocycles. The Morgan fingerprint density at radius 3 is 2.85 bits per heavy atom. The number of thiophene rings is 1. The van der Waals surface area contributed by atoms with Crippen molar-refractivity contribution in [2.45, 2.75) is 12.5 Å². The first-order valence-electron chi connectivity index (χ1n) is 5.73. The number of rotatable bonds is 5. The van der Waals surface area contributed by atoms with Crippen LogP contribution in [0.2, 0.25) is 5.02 Å². The molecular formula is C13H11ClN2O3S. The first kappa shape index (κ1) is 14.5. The van der Waals surface area contributed by atoms with Gasteiger partial charge in [0.05, 0.1) is 23.0 Å². The zero-order valence-corrected chi connectivity index (χ0v) is 11.8. The maximum absolute atomic E-state index is 12.1. The Balaban J connectivity index is 2.18. The van der Waals surface area contributed by atoms with Gasteiger partial charge in [0.15, 0.2) is 0 Å². The van der Waals surface area contributed by atoms with E-state index in [0.717, 1.165) is 4.88 Å². The molecule has 1 unspecified atom stereocenters. The Morgan fingerprint density at radius 1 is 1.45 bits per heavy atom. The summed E-state index contributed by atoms with van der Waals surface area (Å²) in [5.74, 6) is -1.40. The van der Waals surface area contributed by atoms with Gasteiger partial charge >= 0.3 is 5.97 Å². The van der Waals surface area contributed by atoms with Crippen molar-refractivity contribution >= 4 is 34.8 Å². The van der Waals surface area contributed by atoms with Gasteiger partial charge in [-0.3, -0.25) is 14.6 Å². The lowest BCUT2D eigenvalue weighted by molar-refractivity contribution is -0.137. The Bertz CT molecular complexity index is 616. The van der Waals surface area contributed by atoms with Crippen LogP contribution in [0.5, 0.6) is 0 Å². The molecule has 0 saturated carbocycles. The fraction of sp³-hybridized carbons (Fsp3) is 0.154. The second-order valence-corrected chi connectivity index (χ2v) is 5.38. The van der Waals surface area contributed by atoms with Crippen LogP contribution in [0.3, 0.4) is 0 Å². The van der Waals surface area contributed by atoms with Crippen LogP contribution < -0.4 is 5.32 Å². The number of carboxylic acid groups (broad SMARTS) is 1. The van der Waals surface area contributed by atoms with E-state index >= 15 is 0 Å². The van der Waals surface area contributed by atoms with E-state index in [2.05, 4.69) is 10.3 Å². The topological polar surface area (TPSA) is 79.3 Å². The van der Waals surface area contributed by atoms with Gasteiger partial charge in [-0.25, -0.2) is 0 Å². The average Bonchev–Trinajstić information content (AvgIpc) is 2.91. The van der Waals surface area contributed by atoms with Gasteiger partial charge in [0.25, 0.3) is 5.91 Å². The number of amides is 1. The van der Waals surface area contributed by atoms with Crippen molar-refractivity contribution in [1.82, 2.24) is 10.3 Å². The maximum Gasteiger partial charge on any atom is 0.305 e. The first-order valence-corrected chi connectivity index (χ1v) is 6.99. The van der Waals surface area contributed by atoms with Gasteiger partial charge in [0.1, 0.15) is 0 Å². The summed E-state index contributed by atoms with van der Waals surface area (Å²) < 4.78 is 0. The molecule has 0 aliphatic carbocycles. The highest BCUT2D eigenvalue weighted by Gasteiger charge is 2.20. The van der Waals surface area contributed by atoms with Gasteiger partial charge in [0, 0.05) is 17.3 Å². The molecule has 2 rings (SSSR count). The third-order valence-corrected chi connectivity index (χ3v) is 3.87. The second kappa shape index (κ2) is 6.49. The summed E-state index contributed by atoms with van der Waals surface area (Å²) in [6, 6.07) is 4.50. The molecule has 0 aromatic carbocycles. The molecule has 0 saturated heterocycles. The third-order valence-electron chi connectivity index (χ3n) is 2.59. The molecule has 2 N–H and O–H groups in total. The van der Waals surface area contributed by atoms with E-state index in [1.54, 1.807) is 12.1 Å². The quantitative estimate of drug-likeness (QED) is 0.890. The van der Waals surface area contributed by atoms with Crippen molar-refractivity contribution in [3.63, 3.8) is 0 Å². The van der Waals surface area contributed by atoms with Crippen molar-refractivity contribution in [2.75, 3.05) is 0 Å². The molecule has 0 radical (unpaired) electrons. The van der Waals surface area contributed by atoms with E-state index in [1.165, 1.54) is 29.8 Å². The molecule has 0 bridgehead atoms. The molecule has 5 nitrogen and oxygen atoms in total. The van der Waals surface area contributed by atoms with Gasteiger partial charge < -0.3 is 10.4 Å². The molecule has 1 atom stereocenters. The molecule has 0 spiro atoms. The number of pyridine rings is 1. The Labute approximate surface area is 124 Å². The van der Waals surface area contributed by atoms with E-state index in [4.69, 9.17) is 16.7 Å². The number of carboxylic acids is 1. The number of carbonyl (C=O) groups excluding carboxylic acids is 1. The van der Waals surface area contributed by atoms with Crippen LogP contribution in [0.1, 0.15) is 27.7 Å². The number of nitrogens with one attached hydrogen (secondary N) is 1. The predicted molar refractivity (Wildman–Crippen MR) is 76.0 cm³/mol. The van der Waals surface area contributed by atoms with Gasteiger partial charge in [-0.15, -0.1) is 11.3 Å². The predicted octanol–water partition coefficient (Wildman–Crippen LogP) is 2.74.